The number of anilines is 4. The van der Waals surface area contributed by atoms with E-state index in [-0.39, 0.29) is 0 Å². The Hall–Kier alpha value is -3.28. The largest absolute Gasteiger partial charge is 0.497 e. The maximum absolute atomic E-state index is 6.30. The van der Waals surface area contributed by atoms with Crippen molar-refractivity contribution in [2.24, 2.45) is 0 Å². The Balaban J connectivity index is 1.81. The van der Waals surface area contributed by atoms with Crippen molar-refractivity contribution in [3.8, 4) is 5.75 Å². The van der Waals surface area contributed by atoms with Crippen LogP contribution in [0.4, 0.5) is 23.0 Å². The Morgan fingerprint density at radius 3 is 2.64 bits per heavy atom. The van der Waals surface area contributed by atoms with Gasteiger partial charge in [-0.1, -0.05) is 36.4 Å². The number of nitrogens with two attached hydrogens (primary N) is 1. The molecule has 1 aromatic heterocycles. The second-order valence-electron chi connectivity index (χ2n) is 5.66. The highest BCUT2D eigenvalue weighted by atomic mass is 16.5. The fourth-order valence-corrected chi connectivity index (χ4v) is 2.56. The molecule has 1 heterocycles. The summed E-state index contributed by atoms with van der Waals surface area (Å²) in [5.74, 6) is 2.02. The summed E-state index contributed by atoms with van der Waals surface area (Å²) in [5.41, 5.74) is 8.83. The van der Waals surface area contributed by atoms with Gasteiger partial charge in [-0.25, -0.2) is 9.97 Å². The minimum absolute atomic E-state index is 0.503. The first kappa shape index (κ1) is 16.6. The predicted octanol–water partition coefficient (Wildman–Crippen LogP) is 3.45. The van der Waals surface area contributed by atoms with Gasteiger partial charge in [0, 0.05) is 25.3 Å². The van der Waals surface area contributed by atoms with Gasteiger partial charge in [0.1, 0.15) is 17.8 Å². The number of rotatable bonds is 6. The smallest absolute Gasteiger partial charge is 0.159 e. The minimum atomic E-state index is 0.503. The highest BCUT2D eigenvalue weighted by molar-refractivity contribution is 5.78. The topological polar surface area (TPSA) is 76.3 Å². The third kappa shape index (κ3) is 3.98. The van der Waals surface area contributed by atoms with Crippen LogP contribution in [0.5, 0.6) is 5.75 Å². The first-order chi connectivity index (χ1) is 12.2. The van der Waals surface area contributed by atoms with Crippen molar-refractivity contribution < 1.29 is 4.74 Å². The van der Waals surface area contributed by atoms with E-state index in [2.05, 4.69) is 27.4 Å². The summed E-state index contributed by atoms with van der Waals surface area (Å²) in [6, 6.07) is 17.8. The molecule has 0 aliphatic heterocycles. The molecule has 0 aliphatic carbocycles. The standard InChI is InChI=1S/C19H21N5O/c1-24(12-14-7-4-3-5-8-14)19-17(20)18(21-13-22-19)23-15-9-6-10-16(11-15)25-2/h3-11,13H,12,20H2,1-2H3,(H,21,22,23). The zero-order chi connectivity index (χ0) is 17.6. The van der Waals surface area contributed by atoms with Crippen molar-refractivity contribution in [2.75, 3.05) is 30.1 Å². The van der Waals surface area contributed by atoms with Gasteiger partial charge in [0.25, 0.3) is 0 Å². The van der Waals surface area contributed by atoms with E-state index in [9.17, 15) is 0 Å². The van der Waals surface area contributed by atoms with E-state index < -0.39 is 0 Å². The van der Waals surface area contributed by atoms with Gasteiger partial charge in [-0.05, 0) is 17.7 Å². The molecule has 3 N–H and O–H groups in total. The second kappa shape index (κ2) is 7.53. The van der Waals surface area contributed by atoms with Crippen LogP contribution in [0.3, 0.4) is 0 Å². The first-order valence-electron chi connectivity index (χ1n) is 7.94. The third-order valence-electron chi connectivity index (χ3n) is 3.82. The Kier molecular flexibility index (Phi) is 4.99. The monoisotopic (exact) mass is 335 g/mol. The van der Waals surface area contributed by atoms with Crippen LogP contribution in [-0.4, -0.2) is 24.1 Å². The summed E-state index contributed by atoms with van der Waals surface area (Å²) in [4.78, 5) is 10.6. The maximum Gasteiger partial charge on any atom is 0.159 e. The van der Waals surface area contributed by atoms with E-state index in [0.717, 1.165) is 11.4 Å². The van der Waals surface area contributed by atoms with Gasteiger partial charge in [-0.15, -0.1) is 0 Å². The zero-order valence-corrected chi connectivity index (χ0v) is 14.3. The molecule has 6 nitrogen and oxygen atoms in total. The fourth-order valence-electron chi connectivity index (χ4n) is 2.56. The lowest BCUT2D eigenvalue weighted by molar-refractivity contribution is 0.415. The molecule has 6 heteroatoms. The van der Waals surface area contributed by atoms with Gasteiger partial charge < -0.3 is 20.7 Å². The van der Waals surface area contributed by atoms with Gasteiger partial charge in [0.2, 0.25) is 0 Å². The Labute approximate surface area is 147 Å². The molecule has 0 saturated heterocycles. The molecule has 0 bridgehead atoms. The van der Waals surface area contributed by atoms with Crippen LogP contribution < -0.4 is 20.7 Å². The highest BCUT2D eigenvalue weighted by Crippen LogP contribution is 2.29. The van der Waals surface area contributed by atoms with E-state index in [1.54, 1.807) is 7.11 Å². The molecule has 128 valence electrons. The molecule has 3 aromatic rings. The lowest BCUT2D eigenvalue weighted by atomic mass is 10.2. The number of nitrogen functional groups attached to an aromatic ring is 1. The summed E-state index contributed by atoms with van der Waals surface area (Å²) in [6.45, 7) is 0.709. The lowest BCUT2D eigenvalue weighted by Gasteiger charge is -2.21. The highest BCUT2D eigenvalue weighted by Gasteiger charge is 2.13. The Morgan fingerprint density at radius 2 is 1.88 bits per heavy atom. The number of nitrogens with zero attached hydrogens (tertiary/aromatic N) is 3. The average molecular weight is 335 g/mol. The maximum atomic E-state index is 6.30. The third-order valence-corrected chi connectivity index (χ3v) is 3.82. The molecule has 0 atom stereocenters. The Morgan fingerprint density at radius 1 is 1.08 bits per heavy atom. The van der Waals surface area contributed by atoms with Crippen LogP contribution >= 0.6 is 0 Å². The molecule has 0 unspecified atom stereocenters. The van der Waals surface area contributed by atoms with Crippen molar-refractivity contribution >= 4 is 23.0 Å². The molecular weight excluding hydrogens is 314 g/mol. The molecule has 3 rings (SSSR count). The quantitative estimate of drug-likeness (QED) is 0.718. The van der Waals surface area contributed by atoms with Crippen molar-refractivity contribution in [1.29, 1.82) is 0 Å². The van der Waals surface area contributed by atoms with Gasteiger partial charge >= 0.3 is 0 Å². The van der Waals surface area contributed by atoms with Crippen LogP contribution in [0.15, 0.2) is 60.9 Å². The van der Waals surface area contributed by atoms with E-state index in [0.29, 0.717) is 23.9 Å². The number of methoxy groups -OCH3 is 1. The van der Waals surface area contributed by atoms with E-state index >= 15 is 0 Å². The van der Waals surface area contributed by atoms with Gasteiger partial charge in [0.05, 0.1) is 7.11 Å². The number of nitrogens with one attached hydrogen (secondary N) is 1. The van der Waals surface area contributed by atoms with Gasteiger partial charge in [-0.2, -0.15) is 0 Å². The molecular formula is C19H21N5O. The SMILES string of the molecule is COc1cccc(Nc2ncnc(N(C)Cc3ccccc3)c2N)c1. The summed E-state index contributed by atoms with van der Waals surface area (Å²) in [6.07, 6.45) is 1.51. The summed E-state index contributed by atoms with van der Waals surface area (Å²) < 4.78 is 5.24. The van der Waals surface area contributed by atoms with Crippen molar-refractivity contribution in [2.45, 2.75) is 6.54 Å². The molecule has 0 spiro atoms. The number of ether oxygens (including phenoxy) is 1. The van der Waals surface area contributed by atoms with Crippen molar-refractivity contribution in [3.05, 3.63) is 66.5 Å². The average Bonchev–Trinajstić information content (AvgIpc) is 2.64. The summed E-state index contributed by atoms with van der Waals surface area (Å²) in [5, 5.41) is 3.22. The number of hydrogen-bond acceptors (Lipinski definition) is 6. The van der Waals surface area contributed by atoms with Crippen LogP contribution in [0, 0.1) is 0 Å². The van der Waals surface area contributed by atoms with Gasteiger partial charge in [0.15, 0.2) is 11.6 Å². The molecule has 0 amide bonds. The predicted molar refractivity (Wildman–Crippen MR) is 101 cm³/mol. The zero-order valence-electron chi connectivity index (χ0n) is 14.3. The van der Waals surface area contributed by atoms with Crippen molar-refractivity contribution in [3.63, 3.8) is 0 Å². The molecule has 2 aromatic carbocycles. The number of benzene rings is 2. The van der Waals surface area contributed by atoms with Crippen LogP contribution in [0.1, 0.15) is 5.56 Å². The van der Waals surface area contributed by atoms with Crippen LogP contribution in [0.25, 0.3) is 0 Å². The Bertz CT molecular complexity index is 838. The lowest BCUT2D eigenvalue weighted by Crippen LogP contribution is -2.20. The molecule has 25 heavy (non-hydrogen) atoms. The normalized spacial score (nSPS) is 10.3. The first-order valence-corrected chi connectivity index (χ1v) is 7.94. The number of aromatic nitrogens is 2. The number of hydrogen-bond donors (Lipinski definition) is 2. The fraction of sp³-hybridized carbons (Fsp3) is 0.158. The van der Waals surface area contributed by atoms with E-state index in [4.69, 9.17) is 10.5 Å². The van der Waals surface area contributed by atoms with Gasteiger partial charge in [-0.3, -0.25) is 0 Å². The van der Waals surface area contributed by atoms with Crippen molar-refractivity contribution in [1.82, 2.24) is 9.97 Å². The van der Waals surface area contributed by atoms with E-state index in [1.165, 1.54) is 11.9 Å². The molecule has 0 fully saturated rings. The molecule has 0 aliphatic rings. The molecule has 0 radical (unpaired) electrons. The van der Waals surface area contributed by atoms with Crippen LogP contribution in [-0.2, 0) is 6.54 Å². The van der Waals surface area contributed by atoms with E-state index in [1.807, 2.05) is 54.4 Å². The summed E-state index contributed by atoms with van der Waals surface area (Å²) in [7, 11) is 3.59. The summed E-state index contributed by atoms with van der Waals surface area (Å²) >= 11 is 0. The minimum Gasteiger partial charge on any atom is -0.497 e. The second-order valence-corrected chi connectivity index (χ2v) is 5.66. The molecule has 0 saturated carbocycles. The van der Waals surface area contributed by atoms with Crippen LogP contribution in [0.2, 0.25) is 0 Å².